The van der Waals surface area contributed by atoms with Crippen molar-refractivity contribution in [2.75, 3.05) is 6.54 Å². The first-order valence-corrected chi connectivity index (χ1v) is 7.10. The SMILES string of the molecule is CCNC(Cc1ccccc1)Cc1nccn1CC. The largest absolute Gasteiger partial charge is 0.335 e. The van der Waals surface area contributed by atoms with Crippen LogP contribution in [0.2, 0.25) is 0 Å². The van der Waals surface area contributed by atoms with Crippen molar-refractivity contribution in [2.24, 2.45) is 0 Å². The molecule has 0 aliphatic carbocycles. The molecule has 0 amide bonds. The highest BCUT2D eigenvalue weighted by atomic mass is 15.1. The number of aryl methyl sites for hydroxylation is 1. The standard InChI is InChI=1S/C16H23N3/c1-3-17-15(12-14-8-6-5-7-9-14)13-16-18-10-11-19(16)4-2/h5-11,15,17H,3-4,12-13H2,1-2H3. The summed E-state index contributed by atoms with van der Waals surface area (Å²) in [5.74, 6) is 1.17. The molecule has 19 heavy (non-hydrogen) atoms. The Hall–Kier alpha value is -1.61. The van der Waals surface area contributed by atoms with Crippen molar-refractivity contribution in [3.63, 3.8) is 0 Å². The molecule has 2 rings (SSSR count). The van der Waals surface area contributed by atoms with Crippen LogP contribution in [-0.2, 0) is 19.4 Å². The maximum Gasteiger partial charge on any atom is 0.110 e. The van der Waals surface area contributed by atoms with Gasteiger partial charge in [-0.05, 0) is 25.5 Å². The van der Waals surface area contributed by atoms with Gasteiger partial charge in [-0.25, -0.2) is 4.98 Å². The molecule has 0 saturated heterocycles. The summed E-state index contributed by atoms with van der Waals surface area (Å²) < 4.78 is 2.22. The predicted octanol–water partition coefficient (Wildman–Crippen LogP) is 2.67. The van der Waals surface area contributed by atoms with Crippen molar-refractivity contribution in [3.8, 4) is 0 Å². The Labute approximate surface area is 115 Å². The van der Waals surface area contributed by atoms with E-state index in [4.69, 9.17) is 0 Å². The fourth-order valence-electron chi connectivity index (χ4n) is 2.44. The van der Waals surface area contributed by atoms with E-state index in [1.54, 1.807) is 0 Å². The number of benzene rings is 1. The summed E-state index contributed by atoms with van der Waals surface area (Å²) >= 11 is 0. The van der Waals surface area contributed by atoms with Gasteiger partial charge in [0.2, 0.25) is 0 Å². The van der Waals surface area contributed by atoms with Gasteiger partial charge in [0.05, 0.1) is 0 Å². The number of imidazole rings is 1. The van der Waals surface area contributed by atoms with Crippen LogP contribution in [0.1, 0.15) is 25.2 Å². The fraction of sp³-hybridized carbons (Fsp3) is 0.438. The molecule has 0 bridgehead atoms. The van der Waals surface area contributed by atoms with E-state index >= 15 is 0 Å². The molecular formula is C16H23N3. The van der Waals surface area contributed by atoms with Gasteiger partial charge in [-0.1, -0.05) is 37.3 Å². The number of nitrogens with zero attached hydrogens (tertiary/aromatic N) is 2. The van der Waals surface area contributed by atoms with Crippen molar-refractivity contribution in [1.82, 2.24) is 14.9 Å². The van der Waals surface area contributed by atoms with Crippen LogP contribution in [0.5, 0.6) is 0 Å². The van der Waals surface area contributed by atoms with Crippen LogP contribution in [0.15, 0.2) is 42.7 Å². The molecule has 0 aliphatic rings. The van der Waals surface area contributed by atoms with Crippen LogP contribution in [0.4, 0.5) is 0 Å². The average molecular weight is 257 g/mol. The van der Waals surface area contributed by atoms with Crippen LogP contribution in [0, 0.1) is 0 Å². The number of aromatic nitrogens is 2. The van der Waals surface area contributed by atoms with E-state index in [0.717, 1.165) is 25.9 Å². The van der Waals surface area contributed by atoms with Crippen molar-refractivity contribution in [1.29, 1.82) is 0 Å². The minimum absolute atomic E-state index is 0.445. The summed E-state index contributed by atoms with van der Waals surface area (Å²) in [7, 11) is 0. The third-order valence-corrected chi connectivity index (χ3v) is 3.39. The Bertz CT molecular complexity index is 476. The first-order chi connectivity index (χ1) is 9.33. The zero-order valence-corrected chi connectivity index (χ0v) is 11.8. The Morgan fingerprint density at radius 3 is 2.63 bits per heavy atom. The number of nitrogens with one attached hydrogen (secondary N) is 1. The normalized spacial score (nSPS) is 12.5. The third kappa shape index (κ3) is 3.93. The Balaban J connectivity index is 2.04. The van der Waals surface area contributed by atoms with Gasteiger partial charge in [-0.3, -0.25) is 0 Å². The topological polar surface area (TPSA) is 29.9 Å². The molecule has 0 radical (unpaired) electrons. The summed E-state index contributed by atoms with van der Waals surface area (Å²) in [5, 5.41) is 3.57. The van der Waals surface area contributed by atoms with Gasteiger partial charge in [0.15, 0.2) is 0 Å². The molecule has 1 heterocycles. The smallest absolute Gasteiger partial charge is 0.110 e. The van der Waals surface area contributed by atoms with Gasteiger partial charge < -0.3 is 9.88 Å². The quantitative estimate of drug-likeness (QED) is 0.826. The van der Waals surface area contributed by atoms with E-state index in [1.165, 1.54) is 11.4 Å². The lowest BCUT2D eigenvalue weighted by atomic mass is 10.0. The summed E-state index contributed by atoms with van der Waals surface area (Å²) in [4.78, 5) is 4.47. The van der Waals surface area contributed by atoms with Gasteiger partial charge in [-0.2, -0.15) is 0 Å². The predicted molar refractivity (Wildman–Crippen MR) is 79.2 cm³/mol. The highest BCUT2D eigenvalue weighted by molar-refractivity contribution is 5.16. The molecule has 1 atom stereocenters. The van der Waals surface area contributed by atoms with Crippen LogP contribution in [0.25, 0.3) is 0 Å². The minimum atomic E-state index is 0.445. The van der Waals surface area contributed by atoms with E-state index in [1.807, 2.05) is 6.20 Å². The van der Waals surface area contributed by atoms with E-state index in [0.29, 0.717) is 6.04 Å². The maximum atomic E-state index is 4.47. The summed E-state index contributed by atoms with van der Waals surface area (Å²) in [5.41, 5.74) is 1.38. The molecule has 0 saturated carbocycles. The molecule has 2 aromatic rings. The van der Waals surface area contributed by atoms with Crippen LogP contribution >= 0.6 is 0 Å². The van der Waals surface area contributed by atoms with Gasteiger partial charge in [0.25, 0.3) is 0 Å². The third-order valence-electron chi connectivity index (χ3n) is 3.39. The first kappa shape index (κ1) is 13.8. The summed E-state index contributed by atoms with van der Waals surface area (Å²) in [6.45, 7) is 6.29. The highest BCUT2D eigenvalue weighted by Gasteiger charge is 2.12. The number of rotatable bonds is 7. The molecule has 0 aliphatic heterocycles. The summed E-state index contributed by atoms with van der Waals surface area (Å²) in [6.07, 6.45) is 5.97. The lowest BCUT2D eigenvalue weighted by Crippen LogP contribution is -2.34. The average Bonchev–Trinajstić information content (AvgIpc) is 2.87. The first-order valence-electron chi connectivity index (χ1n) is 7.10. The molecule has 1 aromatic carbocycles. The lowest BCUT2D eigenvalue weighted by Gasteiger charge is -2.18. The van der Waals surface area contributed by atoms with Crippen LogP contribution in [-0.4, -0.2) is 22.1 Å². The highest BCUT2D eigenvalue weighted by Crippen LogP contribution is 2.08. The molecule has 1 unspecified atom stereocenters. The molecule has 1 aromatic heterocycles. The molecule has 1 N–H and O–H groups in total. The Kier molecular flexibility index (Phi) is 5.16. The molecule has 0 fully saturated rings. The van der Waals surface area contributed by atoms with E-state index < -0.39 is 0 Å². The molecule has 3 heteroatoms. The van der Waals surface area contributed by atoms with E-state index in [9.17, 15) is 0 Å². The van der Waals surface area contributed by atoms with Crippen molar-refractivity contribution >= 4 is 0 Å². The van der Waals surface area contributed by atoms with Crippen LogP contribution < -0.4 is 5.32 Å². The van der Waals surface area contributed by atoms with Crippen molar-refractivity contribution in [2.45, 2.75) is 39.3 Å². The minimum Gasteiger partial charge on any atom is -0.335 e. The van der Waals surface area contributed by atoms with Crippen molar-refractivity contribution in [3.05, 3.63) is 54.1 Å². The Morgan fingerprint density at radius 2 is 1.95 bits per heavy atom. The zero-order chi connectivity index (χ0) is 13.5. The molecule has 0 spiro atoms. The second-order valence-corrected chi connectivity index (χ2v) is 4.78. The maximum absolute atomic E-state index is 4.47. The fourth-order valence-corrected chi connectivity index (χ4v) is 2.44. The van der Waals surface area contributed by atoms with Gasteiger partial charge in [-0.15, -0.1) is 0 Å². The van der Waals surface area contributed by atoms with Gasteiger partial charge in [0.1, 0.15) is 5.82 Å². The number of hydrogen-bond acceptors (Lipinski definition) is 2. The second-order valence-electron chi connectivity index (χ2n) is 4.78. The lowest BCUT2D eigenvalue weighted by molar-refractivity contribution is 0.499. The van der Waals surface area contributed by atoms with E-state index in [2.05, 4.69) is 65.2 Å². The van der Waals surface area contributed by atoms with Gasteiger partial charge in [0, 0.05) is 31.4 Å². The Morgan fingerprint density at radius 1 is 1.16 bits per heavy atom. The molecule has 102 valence electrons. The van der Waals surface area contributed by atoms with Gasteiger partial charge >= 0.3 is 0 Å². The molecule has 3 nitrogen and oxygen atoms in total. The van der Waals surface area contributed by atoms with E-state index in [-0.39, 0.29) is 0 Å². The monoisotopic (exact) mass is 257 g/mol. The van der Waals surface area contributed by atoms with Crippen molar-refractivity contribution < 1.29 is 0 Å². The second kappa shape index (κ2) is 7.10. The zero-order valence-electron chi connectivity index (χ0n) is 11.8. The molecular weight excluding hydrogens is 234 g/mol. The number of likely N-dealkylation sites (N-methyl/N-ethyl adjacent to an activating group) is 1. The number of hydrogen-bond donors (Lipinski definition) is 1. The van der Waals surface area contributed by atoms with Crippen LogP contribution in [0.3, 0.4) is 0 Å². The summed E-state index contributed by atoms with van der Waals surface area (Å²) in [6, 6.07) is 11.1.